The van der Waals surface area contributed by atoms with Crippen molar-refractivity contribution in [1.29, 1.82) is 0 Å². The Hall–Kier alpha value is 0.980. The van der Waals surface area contributed by atoms with Crippen LogP contribution in [0.25, 0.3) is 0 Å². The van der Waals surface area contributed by atoms with Crippen molar-refractivity contribution in [1.82, 2.24) is 0 Å². The van der Waals surface area contributed by atoms with E-state index in [1.54, 1.807) is 23.5 Å². The van der Waals surface area contributed by atoms with Crippen LogP contribution in [0.4, 0.5) is 0 Å². The normalized spacial score (nSPS) is 18.5. The fraction of sp³-hybridized carbons (Fsp3) is 0.267. The summed E-state index contributed by atoms with van der Waals surface area (Å²) < 4.78 is 11.4. The van der Waals surface area contributed by atoms with Gasteiger partial charge in [-0.3, -0.25) is 0 Å². The van der Waals surface area contributed by atoms with Gasteiger partial charge < -0.3 is 0 Å². The summed E-state index contributed by atoms with van der Waals surface area (Å²) in [7, 11) is 0. The molecule has 0 radical (unpaired) electrons. The van der Waals surface area contributed by atoms with Crippen molar-refractivity contribution < 1.29 is 0 Å². The second kappa shape index (κ2) is 17.8. The minimum absolute atomic E-state index is 1.00. The molecule has 0 N–H and O–H groups in total. The first-order chi connectivity index (χ1) is 20.6. The zero-order valence-corrected chi connectivity index (χ0v) is 33.0. The highest BCUT2D eigenvalue weighted by atomic mass is 32.3. The molecule has 0 unspecified atom stereocenters. The molecule has 42 heavy (non-hydrogen) atoms. The Bertz CT molecular complexity index is 1380. The lowest BCUT2D eigenvalue weighted by molar-refractivity contribution is 1.53. The number of hydrogen-bond donors (Lipinski definition) is 0. The van der Waals surface area contributed by atoms with Crippen LogP contribution in [0.15, 0.2) is 78.8 Å². The van der Waals surface area contributed by atoms with Gasteiger partial charge in [-0.15, -0.1) is 47.0 Å². The van der Waals surface area contributed by atoms with E-state index in [0.717, 1.165) is 43.9 Å². The van der Waals surface area contributed by atoms with Crippen molar-refractivity contribution in [3.05, 3.63) is 89.9 Å². The first-order valence-corrected chi connectivity index (χ1v) is 23.6. The highest BCUT2D eigenvalue weighted by Gasteiger charge is 2.28. The van der Waals surface area contributed by atoms with Crippen molar-refractivity contribution in [3.63, 3.8) is 0 Å². The molecule has 4 aliphatic heterocycles. The van der Waals surface area contributed by atoms with Crippen LogP contribution in [-0.4, -0.2) is 23.0 Å². The first-order valence-electron chi connectivity index (χ1n) is 13.0. The molecule has 0 aromatic heterocycles. The molecule has 1 aromatic carbocycles. The Morgan fingerprint density at radius 2 is 0.881 bits per heavy atom. The Morgan fingerprint density at radius 1 is 0.500 bits per heavy atom. The molecule has 5 rings (SSSR count). The van der Waals surface area contributed by atoms with Gasteiger partial charge in [-0.05, 0) is 52.0 Å². The van der Waals surface area contributed by atoms with Crippen LogP contribution in [0.2, 0.25) is 0 Å². The van der Waals surface area contributed by atoms with Gasteiger partial charge in [0.25, 0.3) is 0 Å². The molecule has 0 saturated carbocycles. The van der Waals surface area contributed by atoms with Crippen molar-refractivity contribution >= 4 is 141 Å². The number of thioether (sulfide) groups is 12. The zero-order chi connectivity index (χ0) is 29.3. The van der Waals surface area contributed by atoms with Gasteiger partial charge in [0.15, 0.2) is 0 Å². The molecule has 4 heterocycles. The number of benzene rings is 1. The third-order valence-electron chi connectivity index (χ3n) is 4.98. The van der Waals surface area contributed by atoms with Gasteiger partial charge in [0.2, 0.25) is 0 Å². The predicted octanol–water partition coefficient (Wildman–Crippen LogP) is 13.5. The van der Waals surface area contributed by atoms with Crippen LogP contribution in [0, 0.1) is 23.7 Å². The van der Waals surface area contributed by atoms with Crippen molar-refractivity contribution in [2.24, 2.45) is 0 Å². The lowest BCUT2D eigenvalue weighted by Gasteiger charge is -2.01. The van der Waals surface area contributed by atoms with Gasteiger partial charge in [-0.1, -0.05) is 152 Å². The number of rotatable bonds is 8. The fourth-order valence-corrected chi connectivity index (χ4v) is 19.4. The molecule has 0 amide bonds. The monoisotopic (exact) mass is 770 g/mol. The van der Waals surface area contributed by atoms with Gasteiger partial charge in [-0.2, -0.15) is 0 Å². The lowest BCUT2D eigenvalue weighted by Crippen LogP contribution is -1.79. The van der Waals surface area contributed by atoms with E-state index in [0.29, 0.717) is 0 Å². The van der Waals surface area contributed by atoms with E-state index in [-0.39, 0.29) is 0 Å². The smallest absolute Gasteiger partial charge is 0.0717 e. The molecule has 0 fully saturated rings. The van der Waals surface area contributed by atoms with Crippen molar-refractivity contribution in [3.8, 4) is 23.7 Å². The number of allylic oxidation sites excluding steroid dienone is 2. The second-order valence-electron chi connectivity index (χ2n) is 7.92. The quantitative estimate of drug-likeness (QED) is 0.231. The Morgan fingerprint density at radius 3 is 1.24 bits per heavy atom. The van der Waals surface area contributed by atoms with Crippen molar-refractivity contribution in [2.75, 3.05) is 23.0 Å². The third kappa shape index (κ3) is 9.51. The van der Waals surface area contributed by atoms with Gasteiger partial charge in [0.05, 0.1) is 43.7 Å². The number of hydrogen-bond acceptors (Lipinski definition) is 12. The molecule has 0 atom stereocenters. The Balaban J connectivity index is 1.18. The molecule has 218 valence electrons. The first kappa shape index (κ1) is 34.3. The van der Waals surface area contributed by atoms with Crippen LogP contribution in [0.1, 0.15) is 38.8 Å². The summed E-state index contributed by atoms with van der Waals surface area (Å²) in [6.45, 7) is 8.91. The van der Waals surface area contributed by atoms with Crippen LogP contribution >= 0.6 is 141 Å². The summed E-state index contributed by atoms with van der Waals surface area (Å²) in [5, 5.41) is 4.39. The molecule has 0 saturated heterocycles. The van der Waals surface area contributed by atoms with E-state index >= 15 is 0 Å². The summed E-state index contributed by atoms with van der Waals surface area (Å²) in [4.78, 5) is 2.23. The predicted molar refractivity (Wildman–Crippen MR) is 218 cm³/mol. The molecule has 0 aliphatic carbocycles. The van der Waals surface area contributed by atoms with Gasteiger partial charge in [0, 0.05) is 11.1 Å². The highest BCUT2D eigenvalue weighted by molar-refractivity contribution is 8.43. The van der Waals surface area contributed by atoms with E-state index in [1.165, 1.54) is 33.9 Å². The van der Waals surface area contributed by atoms with Crippen molar-refractivity contribution in [2.45, 2.75) is 27.7 Å². The van der Waals surface area contributed by atoms with Crippen LogP contribution in [0.5, 0.6) is 0 Å². The third-order valence-corrected chi connectivity index (χ3v) is 21.2. The van der Waals surface area contributed by atoms with Gasteiger partial charge in [-0.25, -0.2) is 0 Å². The minimum Gasteiger partial charge on any atom is -0.118 e. The molecule has 1 aromatic rings. The summed E-state index contributed by atoms with van der Waals surface area (Å²) in [5.41, 5.74) is 2.00. The maximum absolute atomic E-state index is 3.40. The van der Waals surface area contributed by atoms with Crippen LogP contribution in [-0.2, 0) is 0 Å². The molecule has 12 heteroatoms. The Kier molecular flexibility index (Phi) is 14.5. The van der Waals surface area contributed by atoms with E-state index in [2.05, 4.69) is 86.5 Å². The average molecular weight is 771 g/mol. The van der Waals surface area contributed by atoms with E-state index in [9.17, 15) is 0 Å². The van der Waals surface area contributed by atoms with Gasteiger partial charge >= 0.3 is 0 Å². The topological polar surface area (TPSA) is 0 Å². The summed E-state index contributed by atoms with van der Waals surface area (Å²) in [5.74, 6) is 18.0. The second-order valence-corrected chi connectivity index (χ2v) is 23.0. The lowest BCUT2D eigenvalue weighted by atomic mass is 10.1. The maximum Gasteiger partial charge on any atom is 0.0717 e. The molecule has 4 aliphatic rings. The zero-order valence-electron chi connectivity index (χ0n) is 23.2. The molecular weight excluding hydrogens is 745 g/mol. The fourth-order valence-electron chi connectivity index (χ4n) is 3.33. The standard InChI is InChI=1S/C30H26S12/c1-5-31-23-24(32-6-2)40-29(39-23)27-35-17-21(37-27)14-12-19-10-9-11-20(16-19)13-15-22-18-36-28(38-22)30-41-25(33-7-3)26(42-30)34-8-4/h9-11,16-18H,5-8H2,1-4H3. The van der Waals surface area contributed by atoms with Gasteiger partial charge in [0.1, 0.15) is 0 Å². The van der Waals surface area contributed by atoms with E-state index < -0.39 is 0 Å². The summed E-state index contributed by atoms with van der Waals surface area (Å²) in [6, 6.07) is 8.30. The minimum atomic E-state index is 1.00. The van der Waals surface area contributed by atoms with E-state index in [4.69, 9.17) is 0 Å². The van der Waals surface area contributed by atoms with Crippen LogP contribution < -0.4 is 0 Å². The highest BCUT2D eigenvalue weighted by Crippen LogP contribution is 2.63. The molecule has 0 bridgehead atoms. The average Bonchev–Trinajstić information content (AvgIpc) is 3.80. The van der Waals surface area contributed by atoms with Crippen LogP contribution in [0.3, 0.4) is 0 Å². The SMILES string of the molecule is CCSC1=C(SCC)SC(=C2SC=C(C#Cc3cccc(C#CC4=CSC(=C5SC(SCC)=C(SCC)S5)S4)c3)S2)S1. The largest absolute Gasteiger partial charge is 0.118 e. The summed E-state index contributed by atoms with van der Waals surface area (Å²) >= 11 is 22.8. The van der Waals surface area contributed by atoms with E-state index in [1.807, 2.05) is 118 Å². The molecule has 0 spiro atoms. The molecular formula is C30H26S12. The summed E-state index contributed by atoms with van der Waals surface area (Å²) in [6.07, 6.45) is 0. The molecule has 0 nitrogen and oxygen atoms in total. The Labute approximate surface area is 302 Å². The maximum atomic E-state index is 3.40.